The van der Waals surface area contributed by atoms with Gasteiger partial charge in [0.15, 0.2) is 23.0 Å². The minimum absolute atomic E-state index is 0.169. The second kappa shape index (κ2) is 15.1. The zero-order chi connectivity index (χ0) is 37.8. The second-order valence-electron chi connectivity index (χ2n) is 14.2. The summed E-state index contributed by atoms with van der Waals surface area (Å²) in [7, 11) is 0. The van der Waals surface area contributed by atoms with Crippen LogP contribution in [0.3, 0.4) is 0 Å². The van der Waals surface area contributed by atoms with E-state index in [1.165, 1.54) is 0 Å². The normalized spacial score (nSPS) is 11.1. The van der Waals surface area contributed by atoms with E-state index in [0.29, 0.717) is 37.8 Å². The Morgan fingerprint density at radius 1 is 0.339 bits per heavy atom. The van der Waals surface area contributed by atoms with Crippen molar-refractivity contribution in [3.05, 3.63) is 203 Å². The number of anilines is 2. The molecular weight excluding hydrogens is 685 g/mol. The van der Waals surface area contributed by atoms with Crippen molar-refractivity contribution in [2.45, 2.75) is 26.2 Å². The molecule has 0 N–H and O–H groups in total. The van der Waals surface area contributed by atoms with Crippen molar-refractivity contribution < 1.29 is 0 Å². The van der Waals surface area contributed by atoms with Gasteiger partial charge in [-0.1, -0.05) is 146 Å². The lowest BCUT2D eigenvalue weighted by atomic mass is 10.0. The molecule has 0 saturated heterocycles. The molecule has 0 fully saturated rings. The lowest BCUT2D eigenvalue weighted by Gasteiger charge is -2.28. The standard InChI is InChI=1S/C50H36N6/c51-29-47-49(55(31-35-17-21-39-9-1-5-13-43(39)25-35)32-36-18-22-40-10-2-6-14-44(40)26-36)53-48(30-52)50(54-47)56(33-37-19-23-41-11-3-7-15-45(41)27-37)34-38-20-24-42-12-4-8-16-46(42)28-38/h1-28H,31-34H2. The number of benzene rings is 8. The number of nitriles is 2. The third kappa shape index (κ3) is 7.08. The lowest BCUT2D eigenvalue weighted by molar-refractivity contribution is 0.755. The Balaban J connectivity index is 1.15. The summed E-state index contributed by atoms with van der Waals surface area (Å²) in [6.45, 7) is 1.85. The average molecular weight is 721 g/mol. The molecule has 8 aromatic carbocycles. The van der Waals surface area contributed by atoms with E-state index >= 15 is 0 Å². The van der Waals surface area contributed by atoms with Crippen LogP contribution in [-0.4, -0.2) is 9.97 Å². The first-order valence-electron chi connectivity index (χ1n) is 18.7. The van der Waals surface area contributed by atoms with E-state index in [9.17, 15) is 10.5 Å². The van der Waals surface area contributed by atoms with Crippen molar-refractivity contribution in [3.63, 3.8) is 0 Å². The number of hydrogen-bond acceptors (Lipinski definition) is 6. The molecule has 0 spiro atoms. The molecular formula is C50H36N6. The first-order chi connectivity index (χ1) is 27.6. The topological polar surface area (TPSA) is 79.8 Å². The summed E-state index contributed by atoms with van der Waals surface area (Å²) in [6, 6.07) is 63.6. The molecule has 0 aliphatic heterocycles. The van der Waals surface area contributed by atoms with Crippen LogP contribution in [0.15, 0.2) is 170 Å². The number of aromatic nitrogens is 2. The lowest BCUT2D eigenvalue weighted by Crippen LogP contribution is -2.28. The van der Waals surface area contributed by atoms with Gasteiger partial charge in [0.1, 0.15) is 12.1 Å². The highest BCUT2D eigenvalue weighted by molar-refractivity contribution is 5.85. The SMILES string of the molecule is N#Cc1nc(N(Cc2ccc3ccccc3c2)Cc2ccc3ccccc3c2)c(C#N)nc1N(Cc1ccc2ccccc2c1)Cc1ccc2ccccc2c1. The predicted molar refractivity (Wildman–Crippen MR) is 227 cm³/mol. The summed E-state index contributed by atoms with van der Waals surface area (Å²) in [4.78, 5) is 14.2. The molecule has 56 heavy (non-hydrogen) atoms. The summed E-state index contributed by atoms with van der Waals surface area (Å²) in [5, 5.41) is 30.7. The fraction of sp³-hybridized carbons (Fsp3) is 0.0800. The van der Waals surface area contributed by atoms with Gasteiger partial charge in [0.25, 0.3) is 0 Å². The van der Waals surface area contributed by atoms with Gasteiger partial charge in [-0.25, -0.2) is 9.97 Å². The van der Waals surface area contributed by atoms with Crippen LogP contribution >= 0.6 is 0 Å². The van der Waals surface area contributed by atoms with Gasteiger partial charge in [0.2, 0.25) is 0 Å². The van der Waals surface area contributed by atoms with Crippen LogP contribution < -0.4 is 9.80 Å². The summed E-state index contributed by atoms with van der Waals surface area (Å²) < 4.78 is 0. The van der Waals surface area contributed by atoms with Gasteiger partial charge in [-0.15, -0.1) is 0 Å². The van der Waals surface area contributed by atoms with Gasteiger partial charge >= 0.3 is 0 Å². The molecule has 0 aliphatic rings. The zero-order valence-corrected chi connectivity index (χ0v) is 30.7. The van der Waals surface area contributed by atoms with Crippen LogP contribution in [0.25, 0.3) is 43.1 Å². The highest BCUT2D eigenvalue weighted by atomic mass is 15.2. The van der Waals surface area contributed by atoms with E-state index < -0.39 is 0 Å². The van der Waals surface area contributed by atoms with Crippen molar-refractivity contribution in [1.82, 2.24) is 9.97 Å². The molecule has 0 atom stereocenters. The van der Waals surface area contributed by atoms with Gasteiger partial charge in [-0.05, 0) is 89.6 Å². The maximum Gasteiger partial charge on any atom is 0.185 e. The van der Waals surface area contributed by atoms with E-state index in [1.807, 2.05) is 48.5 Å². The molecule has 0 unspecified atom stereocenters. The average Bonchev–Trinajstić information content (AvgIpc) is 3.25. The predicted octanol–water partition coefficient (Wildman–Crippen LogP) is 11.2. The Labute approximate surface area is 325 Å². The van der Waals surface area contributed by atoms with E-state index in [-0.39, 0.29) is 11.4 Å². The first-order valence-corrected chi connectivity index (χ1v) is 18.7. The molecule has 0 radical (unpaired) electrons. The fourth-order valence-electron chi connectivity index (χ4n) is 7.65. The zero-order valence-electron chi connectivity index (χ0n) is 30.7. The van der Waals surface area contributed by atoms with Crippen LogP contribution in [0, 0.1) is 22.7 Å². The van der Waals surface area contributed by atoms with E-state index in [0.717, 1.165) is 65.3 Å². The van der Waals surface area contributed by atoms with Crippen LogP contribution in [0.5, 0.6) is 0 Å². The van der Waals surface area contributed by atoms with Crippen molar-refractivity contribution in [3.8, 4) is 12.1 Å². The van der Waals surface area contributed by atoms with Crippen molar-refractivity contribution in [2.75, 3.05) is 9.80 Å². The minimum atomic E-state index is 0.169. The summed E-state index contributed by atoms with van der Waals surface area (Å²) in [6.07, 6.45) is 0. The van der Waals surface area contributed by atoms with Crippen molar-refractivity contribution >= 4 is 54.7 Å². The van der Waals surface area contributed by atoms with E-state index in [2.05, 4.69) is 143 Å². The highest BCUT2D eigenvalue weighted by Crippen LogP contribution is 2.31. The van der Waals surface area contributed by atoms with Crippen LogP contribution in [-0.2, 0) is 26.2 Å². The third-order valence-electron chi connectivity index (χ3n) is 10.4. The Kier molecular flexibility index (Phi) is 9.21. The minimum Gasteiger partial charge on any atom is -0.346 e. The maximum absolute atomic E-state index is 10.8. The Morgan fingerprint density at radius 2 is 0.589 bits per heavy atom. The molecule has 0 aliphatic carbocycles. The molecule has 0 amide bonds. The van der Waals surface area contributed by atoms with Gasteiger partial charge in [-0.3, -0.25) is 0 Å². The Bertz CT molecular complexity index is 2630. The van der Waals surface area contributed by atoms with Crippen LogP contribution in [0.1, 0.15) is 33.6 Å². The maximum atomic E-state index is 10.8. The third-order valence-corrected chi connectivity index (χ3v) is 10.4. The largest absolute Gasteiger partial charge is 0.346 e. The van der Waals surface area contributed by atoms with Crippen molar-refractivity contribution in [1.29, 1.82) is 10.5 Å². The Hall–Kier alpha value is -7.54. The summed E-state index contributed by atoms with van der Waals surface area (Å²) in [5.74, 6) is 0.760. The number of fused-ring (bicyclic) bond motifs is 4. The molecule has 9 rings (SSSR count). The first kappa shape index (κ1) is 34.2. The molecule has 266 valence electrons. The monoisotopic (exact) mass is 720 g/mol. The molecule has 1 aromatic heterocycles. The molecule has 1 heterocycles. The van der Waals surface area contributed by atoms with Crippen LogP contribution in [0.4, 0.5) is 11.6 Å². The highest BCUT2D eigenvalue weighted by Gasteiger charge is 2.24. The van der Waals surface area contributed by atoms with Gasteiger partial charge < -0.3 is 9.80 Å². The van der Waals surface area contributed by atoms with E-state index in [4.69, 9.17) is 9.97 Å². The van der Waals surface area contributed by atoms with Crippen molar-refractivity contribution in [2.24, 2.45) is 0 Å². The van der Waals surface area contributed by atoms with Gasteiger partial charge in [0, 0.05) is 26.2 Å². The van der Waals surface area contributed by atoms with Gasteiger partial charge in [-0.2, -0.15) is 10.5 Å². The second-order valence-corrected chi connectivity index (χ2v) is 14.2. The molecule has 0 bridgehead atoms. The smallest absolute Gasteiger partial charge is 0.185 e. The molecule has 0 saturated carbocycles. The number of nitrogens with zero attached hydrogens (tertiary/aromatic N) is 6. The summed E-state index contributed by atoms with van der Waals surface area (Å²) >= 11 is 0. The fourth-order valence-corrected chi connectivity index (χ4v) is 7.65. The van der Waals surface area contributed by atoms with Gasteiger partial charge in [0.05, 0.1) is 0 Å². The van der Waals surface area contributed by atoms with Crippen LogP contribution in [0.2, 0.25) is 0 Å². The summed E-state index contributed by atoms with van der Waals surface area (Å²) in [5.41, 5.74) is 4.59. The molecule has 6 heteroatoms. The molecule has 9 aromatic rings. The quantitative estimate of drug-likeness (QED) is 0.140. The molecule has 6 nitrogen and oxygen atoms in total. The van der Waals surface area contributed by atoms with E-state index in [1.54, 1.807) is 0 Å². The Morgan fingerprint density at radius 3 is 0.839 bits per heavy atom. The number of rotatable bonds is 10. The number of hydrogen-bond donors (Lipinski definition) is 0.